The molecule has 2 aromatic heterocycles. The Kier molecular flexibility index (Phi) is 6.65. The van der Waals surface area contributed by atoms with Gasteiger partial charge in [-0.2, -0.15) is 0 Å². The summed E-state index contributed by atoms with van der Waals surface area (Å²) in [5.41, 5.74) is 6.53. The van der Waals surface area contributed by atoms with Crippen LogP contribution in [0.2, 0.25) is 0 Å². The predicted molar refractivity (Wildman–Crippen MR) is 136 cm³/mol. The molecule has 1 aliphatic rings. The fourth-order valence-corrected chi connectivity index (χ4v) is 4.96. The molecule has 0 atom stereocenters. The minimum atomic E-state index is -0.105. The molecule has 0 spiro atoms. The Balaban J connectivity index is 1.28. The van der Waals surface area contributed by atoms with E-state index in [-0.39, 0.29) is 5.91 Å². The van der Waals surface area contributed by atoms with Crippen LogP contribution >= 0.6 is 11.3 Å². The second kappa shape index (κ2) is 10.1. The van der Waals surface area contributed by atoms with Crippen molar-refractivity contribution in [2.24, 2.45) is 0 Å². The van der Waals surface area contributed by atoms with Crippen LogP contribution in [-0.4, -0.2) is 40.0 Å². The molecular formula is C27H28N4OS. The van der Waals surface area contributed by atoms with Crippen molar-refractivity contribution in [3.8, 4) is 5.69 Å². The number of carbonyl (C=O) groups is 1. The number of rotatable bonds is 8. The van der Waals surface area contributed by atoms with Crippen LogP contribution in [0, 0.1) is 0 Å². The first-order chi connectivity index (χ1) is 16.3. The molecule has 5 nitrogen and oxygen atoms in total. The molecular weight excluding hydrogens is 428 g/mol. The lowest BCUT2D eigenvalue weighted by atomic mass is 10.1. The van der Waals surface area contributed by atoms with Crippen LogP contribution < -0.4 is 5.32 Å². The maximum Gasteiger partial charge on any atom is 0.244 e. The number of benzene rings is 2. The van der Waals surface area contributed by atoms with Crippen molar-refractivity contribution in [3.63, 3.8) is 0 Å². The van der Waals surface area contributed by atoms with Crippen molar-refractivity contribution in [1.29, 1.82) is 0 Å². The fourth-order valence-electron chi connectivity index (χ4n) is 4.43. The number of likely N-dealkylation sites (tertiary alicyclic amines) is 1. The molecule has 3 heterocycles. The highest BCUT2D eigenvalue weighted by atomic mass is 32.1. The van der Waals surface area contributed by atoms with Crippen LogP contribution in [0.5, 0.6) is 0 Å². The highest BCUT2D eigenvalue weighted by Crippen LogP contribution is 2.26. The Bertz CT molecular complexity index is 1240. The van der Waals surface area contributed by atoms with Gasteiger partial charge in [-0.1, -0.05) is 30.3 Å². The van der Waals surface area contributed by atoms with Gasteiger partial charge in [0.1, 0.15) is 0 Å². The third-order valence-corrected chi connectivity index (χ3v) is 6.99. The number of nitrogens with zero attached hydrogens (tertiary/aromatic N) is 3. The zero-order chi connectivity index (χ0) is 22.5. The molecule has 1 N–H and O–H groups in total. The van der Waals surface area contributed by atoms with E-state index in [2.05, 4.69) is 74.5 Å². The predicted octanol–water partition coefficient (Wildman–Crippen LogP) is 5.05. The third kappa shape index (κ3) is 5.24. The first-order valence-electron chi connectivity index (χ1n) is 11.5. The van der Waals surface area contributed by atoms with Crippen LogP contribution in [-0.2, 0) is 17.8 Å². The van der Waals surface area contributed by atoms with E-state index >= 15 is 0 Å². The molecule has 2 aromatic carbocycles. The number of hydrogen-bond donors (Lipinski definition) is 1. The highest BCUT2D eigenvalue weighted by molar-refractivity contribution is 7.09. The average Bonchev–Trinajstić information content (AvgIpc) is 3.62. The Labute approximate surface area is 198 Å². The molecule has 0 aliphatic carbocycles. The lowest BCUT2D eigenvalue weighted by Gasteiger charge is -2.13. The third-order valence-electron chi connectivity index (χ3n) is 6.21. The fraction of sp³-hybridized carbons (Fsp3) is 0.259. The largest absolute Gasteiger partial charge is 0.348 e. The van der Waals surface area contributed by atoms with Gasteiger partial charge in [0, 0.05) is 41.0 Å². The van der Waals surface area contributed by atoms with Crippen molar-refractivity contribution in [2.75, 3.05) is 19.6 Å². The zero-order valence-corrected chi connectivity index (χ0v) is 19.4. The van der Waals surface area contributed by atoms with Gasteiger partial charge in [-0.05, 0) is 67.8 Å². The standard InChI is InChI=1S/C27H28N4OS/c32-27(29-18-24-17-28-20-33-24)12-9-21-7-10-23(11-8-21)31-19-22(13-16-30-14-3-4-15-30)25-5-1-2-6-26(25)31/h1-2,5-12,17,19-20H,3-4,13-16,18H2,(H,29,32). The maximum atomic E-state index is 12.1. The average molecular weight is 457 g/mol. The number of nitrogens with one attached hydrogen (secondary N) is 1. The number of thiazole rings is 1. The number of aromatic nitrogens is 2. The van der Waals surface area contributed by atoms with E-state index in [0.717, 1.165) is 29.1 Å². The molecule has 1 aliphatic heterocycles. The van der Waals surface area contributed by atoms with Gasteiger partial charge in [-0.3, -0.25) is 9.78 Å². The van der Waals surface area contributed by atoms with Gasteiger partial charge in [0.2, 0.25) is 5.91 Å². The van der Waals surface area contributed by atoms with Crippen LogP contribution in [0.4, 0.5) is 0 Å². The van der Waals surface area contributed by atoms with E-state index in [4.69, 9.17) is 0 Å². The van der Waals surface area contributed by atoms with Crippen molar-refractivity contribution >= 4 is 34.2 Å². The lowest BCUT2D eigenvalue weighted by molar-refractivity contribution is -0.116. The summed E-state index contributed by atoms with van der Waals surface area (Å²) in [6.45, 7) is 4.10. The molecule has 0 bridgehead atoms. The second-order valence-corrected chi connectivity index (χ2v) is 9.42. The first kappa shape index (κ1) is 21.6. The molecule has 1 saturated heterocycles. The van der Waals surface area contributed by atoms with Crippen LogP contribution in [0.3, 0.4) is 0 Å². The highest BCUT2D eigenvalue weighted by Gasteiger charge is 2.14. The van der Waals surface area contributed by atoms with E-state index in [1.807, 2.05) is 6.08 Å². The summed E-state index contributed by atoms with van der Waals surface area (Å²) in [6.07, 6.45) is 11.2. The lowest BCUT2D eigenvalue weighted by Crippen LogP contribution is -2.21. The number of fused-ring (bicyclic) bond motifs is 1. The number of hydrogen-bond acceptors (Lipinski definition) is 4. The van der Waals surface area contributed by atoms with Crippen molar-refractivity contribution in [1.82, 2.24) is 19.8 Å². The molecule has 1 fully saturated rings. The Morgan fingerprint density at radius 2 is 1.91 bits per heavy atom. The van der Waals surface area contributed by atoms with E-state index in [1.54, 1.807) is 17.8 Å². The minimum Gasteiger partial charge on any atom is -0.348 e. The second-order valence-electron chi connectivity index (χ2n) is 8.45. The van der Waals surface area contributed by atoms with Crippen molar-refractivity contribution in [3.05, 3.63) is 88.5 Å². The van der Waals surface area contributed by atoms with E-state index in [0.29, 0.717) is 6.54 Å². The number of carbonyl (C=O) groups excluding carboxylic acids is 1. The summed E-state index contributed by atoms with van der Waals surface area (Å²) < 4.78 is 2.28. The van der Waals surface area contributed by atoms with E-state index < -0.39 is 0 Å². The molecule has 0 radical (unpaired) electrons. The molecule has 168 valence electrons. The van der Waals surface area contributed by atoms with Crippen molar-refractivity contribution in [2.45, 2.75) is 25.8 Å². The minimum absolute atomic E-state index is 0.105. The topological polar surface area (TPSA) is 50.2 Å². The summed E-state index contributed by atoms with van der Waals surface area (Å²) in [6, 6.07) is 17.0. The summed E-state index contributed by atoms with van der Waals surface area (Å²) in [7, 11) is 0. The van der Waals surface area contributed by atoms with Crippen molar-refractivity contribution < 1.29 is 4.79 Å². The molecule has 4 aromatic rings. The van der Waals surface area contributed by atoms with Gasteiger partial charge in [-0.15, -0.1) is 11.3 Å². The summed E-state index contributed by atoms with van der Waals surface area (Å²) >= 11 is 1.54. The zero-order valence-electron chi connectivity index (χ0n) is 18.6. The molecule has 0 saturated carbocycles. The first-order valence-corrected chi connectivity index (χ1v) is 12.4. The molecule has 0 unspecified atom stereocenters. The smallest absolute Gasteiger partial charge is 0.244 e. The van der Waals surface area contributed by atoms with Crippen LogP contribution in [0.1, 0.15) is 28.8 Å². The van der Waals surface area contributed by atoms with Gasteiger partial charge in [0.05, 0.1) is 17.6 Å². The normalized spacial score (nSPS) is 14.4. The monoisotopic (exact) mass is 456 g/mol. The molecule has 6 heteroatoms. The van der Waals surface area contributed by atoms with Crippen LogP contribution in [0.15, 0.2) is 72.5 Å². The summed E-state index contributed by atoms with van der Waals surface area (Å²) in [4.78, 5) is 19.7. The number of amides is 1. The summed E-state index contributed by atoms with van der Waals surface area (Å²) in [5, 5.41) is 4.22. The van der Waals surface area contributed by atoms with E-state index in [1.165, 1.54) is 53.7 Å². The quantitative estimate of drug-likeness (QED) is 0.377. The van der Waals surface area contributed by atoms with Gasteiger partial charge < -0.3 is 14.8 Å². The van der Waals surface area contributed by atoms with Gasteiger partial charge in [0.15, 0.2) is 0 Å². The number of para-hydroxylation sites is 1. The Hall–Kier alpha value is -3.22. The maximum absolute atomic E-state index is 12.1. The summed E-state index contributed by atoms with van der Waals surface area (Å²) in [5.74, 6) is -0.105. The SMILES string of the molecule is O=C(C=Cc1ccc(-n2cc(CCN3CCCC3)c3ccccc32)cc1)NCc1cncs1. The Morgan fingerprint density at radius 3 is 2.70 bits per heavy atom. The van der Waals surface area contributed by atoms with Gasteiger partial charge in [-0.25, -0.2) is 0 Å². The Morgan fingerprint density at radius 1 is 1.09 bits per heavy atom. The van der Waals surface area contributed by atoms with Gasteiger partial charge in [0.25, 0.3) is 0 Å². The van der Waals surface area contributed by atoms with Crippen LogP contribution in [0.25, 0.3) is 22.7 Å². The molecule has 33 heavy (non-hydrogen) atoms. The molecule has 1 amide bonds. The van der Waals surface area contributed by atoms with Gasteiger partial charge >= 0.3 is 0 Å². The molecule has 5 rings (SSSR count). The van der Waals surface area contributed by atoms with E-state index in [9.17, 15) is 4.79 Å².